The number of fused-ring (bicyclic) bond motifs is 1. The van der Waals surface area contributed by atoms with Crippen molar-refractivity contribution in [3.63, 3.8) is 0 Å². The number of amides is 1. The Morgan fingerprint density at radius 3 is 2.79 bits per heavy atom. The van der Waals surface area contributed by atoms with Gasteiger partial charge in [0.15, 0.2) is 0 Å². The maximum atomic E-state index is 13.6. The third kappa shape index (κ3) is 4.32. The zero-order chi connectivity index (χ0) is 20.2. The predicted octanol–water partition coefficient (Wildman–Crippen LogP) is 3.88. The van der Waals surface area contributed by atoms with Crippen molar-refractivity contribution in [1.82, 2.24) is 19.7 Å². The van der Waals surface area contributed by atoms with E-state index in [0.29, 0.717) is 34.8 Å². The SMILES string of the molecule is O=C(O)NCc1cc(F)ccc1-c1cnc2nc(COc3ccccc3)cn2c1. The van der Waals surface area contributed by atoms with Crippen molar-refractivity contribution >= 4 is 11.9 Å². The van der Waals surface area contributed by atoms with Crippen LogP contribution in [0.2, 0.25) is 0 Å². The molecule has 4 rings (SSSR count). The van der Waals surface area contributed by atoms with Crippen molar-refractivity contribution in [3.8, 4) is 16.9 Å². The molecule has 7 nitrogen and oxygen atoms in total. The summed E-state index contributed by atoms with van der Waals surface area (Å²) in [6.45, 7) is 0.285. The molecular formula is C21H17FN4O3. The molecule has 2 N–H and O–H groups in total. The molecule has 2 aromatic carbocycles. The van der Waals surface area contributed by atoms with Gasteiger partial charge in [0, 0.05) is 30.7 Å². The highest BCUT2D eigenvalue weighted by atomic mass is 19.1. The molecule has 0 aliphatic heterocycles. The van der Waals surface area contributed by atoms with Gasteiger partial charge in [0.1, 0.15) is 18.2 Å². The van der Waals surface area contributed by atoms with Crippen molar-refractivity contribution in [1.29, 1.82) is 0 Å². The number of carbonyl (C=O) groups is 1. The number of rotatable bonds is 6. The van der Waals surface area contributed by atoms with Crippen LogP contribution in [0.5, 0.6) is 5.75 Å². The molecule has 0 atom stereocenters. The number of benzene rings is 2. The summed E-state index contributed by atoms with van der Waals surface area (Å²) in [5, 5.41) is 11.1. The number of para-hydroxylation sites is 1. The summed E-state index contributed by atoms with van der Waals surface area (Å²) in [5.74, 6) is 0.820. The number of halogens is 1. The minimum Gasteiger partial charge on any atom is -0.487 e. The van der Waals surface area contributed by atoms with Crippen molar-refractivity contribution in [2.45, 2.75) is 13.2 Å². The van der Waals surface area contributed by atoms with Crippen LogP contribution in [0.4, 0.5) is 9.18 Å². The second kappa shape index (κ2) is 7.97. The average Bonchev–Trinajstić information content (AvgIpc) is 3.14. The summed E-state index contributed by atoms with van der Waals surface area (Å²) in [7, 11) is 0. The number of aromatic nitrogens is 3. The van der Waals surface area contributed by atoms with Gasteiger partial charge in [-0.15, -0.1) is 0 Å². The van der Waals surface area contributed by atoms with E-state index in [-0.39, 0.29) is 6.54 Å². The van der Waals surface area contributed by atoms with Gasteiger partial charge in [-0.25, -0.2) is 19.2 Å². The van der Waals surface area contributed by atoms with Crippen molar-refractivity contribution in [2.75, 3.05) is 0 Å². The minimum atomic E-state index is -1.17. The maximum Gasteiger partial charge on any atom is 0.404 e. The van der Waals surface area contributed by atoms with Crippen LogP contribution in [0.25, 0.3) is 16.9 Å². The molecule has 1 amide bonds. The minimum absolute atomic E-state index is 0.0133. The number of imidazole rings is 1. The fourth-order valence-corrected chi connectivity index (χ4v) is 2.98. The van der Waals surface area contributed by atoms with E-state index in [1.54, 1.807) is 16.7 Å². The van der Waals surface area contributed by atoms with Gasteiger partial charge in [0.2, 0.25) is 5.78 Å². The normalized spacial score (nSPS) is 10.8. The van der Waals surface area contributed by atoms with E-state index in [4.69, 9.17) is 9.84 Å². The molecule has 8 heteroatoms. The number of carboxylic acid groups (broad SMARTS) is 1. The molecule has 29 heavy (non-hydrogen) atoms. The summed E-state index contributed by atoms with van der Waals surface area (Å²) < 4.78 is 21.1. The number of ether oxygens (including phenoxy) is 1. The Morgan fingerprint density at radius 2 is 2.00 bits per heavy atom. The fraction of sp³-hybridized carbons (Fsp3) is 0.0952. The van der Waals surface area contributed by atoms with E-state index in [2.05, 4.69) is 15.3 Å². The highest BCUT2D eigenvalue weighted by Crippen LogP contribution is 2.24. The second-order valence-corrected chi connectivity index (χ2v) is 6.34. The van der Waals surface area contributed by atoms with Gasteiger partial charge in [-0.05, 0) is 35.4 Å². The summed E-state index contributed by atoms with van der Waals surface area (Å²) >= 11 is 0. The fourth-order valence-electron chi connectivity index (χ4n) is 2.98. The van der Waals surface area contributed by atoms with E-state index < -0.39 is 11.9 Å². The molecule has 0 radical (unpaired) electrons. The first-order chi connectivity index (χ1) is 14.1. The molecule has 0 fully saturated rings. The molecule has 4 aromatic rings. The molecule has 146 valence electrons. The lowest BCUT2D eigenvalue weighted by atomic mass is 10.0. The van der Waals surface area contributed by atoms with Crippen molar-refractivity contribution in [2.24, 2.45) is 0 Å². The molecule has 0 saturated heterocycles. The monoisotopic (exact) mass is 392 g/mol. The van der Waals surface area contributed by atoms with Crippen LogP contribution in [0.1, 0.15) is 11.3 Å². The lowest BCUT2D eigenvalue weighted by Crippen LogP contribution is -2.20. The largest absolute Gasteiger partial charge is 0.487 e. The standard InChI is InChI=1S/C21H17FN4O3/c22-16-6-7-19(14(8-16)9-24-21(27)28)15-10-23-20-25-17(12-26(20)11-15)13-29-18-4-2-1-3-5-18/h1-8,10-12,24H,9,13H2,(H,27,28). The quantitative estimate of drug-likeness (QED) is 0.520. The molecule has 0 aliphatic carbocycles. The third-order valence-electron chi connectivity index (χ3n) is 4.30. The number of hydrogen-bond donors (Lipinski definition) is 2. The molecular weight excluding hydrogens is 375 g/mol. The Kier molecular flexibility index (Phi) is 5.07. The van der Waals surface area contributed by atoms with Crippen molar-refractivity contribution < 1.29 is 19.0 Å². The highest BCUT2D eigenvalue weighted by Gasteiger charge is 2.11. The molecule has 0 aliphatic rings. The van der Waals surface area contributed by atoms with E-state index >= 15 is 0 Å². The molecule has 2 heterocycles. The smallest absolute Gasteiger partial charge is 0.404 e. The van der Waals surface area contributed by atoms with Gasteiger partial charge in [-0.3, -0.25) is 4.40 Å². The average molecular weight is 392 g/mol. The van der Waals surface area contributed by atoms with Crippen LogP contribution in [0.3, 0.4) is 0 Å². The number of hydrogen-bond acceptors (Lipinski definition) is 4. The highest BCUT2D eigenvalue weighted by molar-refractivity contribution is 5.69. The van der Waals surface area contributed by atoms with E-state index in [0.717, 1.165) is 5.75 Å². The Labute approximate surface area is 165 Å². The number of nitrogens with one attached hydrogen (secondary N) is 1. The molecule has 0 spiro atoms. The van der Waals surface area contributed by atoms with Gasteiger partial charge < -0.3 is 15.2 Å². The van der Waals surface area contributed by atoms with Gasteiger partial charge in [0.25, 0.3) is 0 Å². The second-order valence-electron chi connectivity index (χ2n) is 6.34. The maximum absolute atomic E-state index is 13.6. The van der Waals surface area contributed by atoms with Crippen LogP contribution in [0, 0.1) is 5.82 Å². The predicted molar refractivity (Wildman–Crippen MR) is 104 cm³/mol. The summed E-state index contributed by atoms with van der Waals surface area (Å²) in [4.78, 5) is 19.6. The van der Waals surface area contributed by atoms with Gasteiger partial charge in [-0.2, -0.15) is 0 Å². The topological polar surface area (TPSA) is 88.8 Å². The van der Waals surface area contributed by atoms with E-state index in [1.165, 1.54) is 12.1 Å². The van der Waals surface area contributed by atoms with Crippen LogP contribution in [-0.4, -0.2) is 25.6 Å². The molecule has 2 aromatic heterocycles. The van der Waals surface area contributed by atoms with Gasteiger partial charge >= 0.3 is 6.09 Å². The number of nitrogens with zero attached hydrogens (tertiary/aromatic N) is 3. The zero-order valence-corrected chi connectivity index (χ0v) is 15.2. The Balaban J connectivity index is 1.60. The molecule has 0 unspecified atom stereocenters. The first-order valence-electron chi connectivity index (χ1n) is 8.85. The Morgan fingerprint density at radius 1 is 1.17 bits per heavy atom. The van der Waals surface area contributed by atoms with Crippen LogP contribution >= 0.6 is 0 Å². The van der Waals surface area contributed by atoms with Crippen LogP contribution in [0.15, 0.2) is 67.1 Å². The van der Waals surface area contributed by atoms with Crippen LogP contribution < -0.4 is 10.1 Å². The van der Waals surface area contributed by atoms with Gasteiger partial charge in [0.05, 0.1) is 5.69 Å². The summed E-state index contributed by atoms with van der Waals surface area (Å²) in [6.07, 6.45) is 4.08. The van der Waals surface area contributed by atoms with Crippen molar-refractivity contribution in [3.05, 3.63) is 84.2 Å². The summed E-state index contributed by atoms with van der Waals surface area (Å²) in [6, 6.07) is 13.7. The Hall–Kier alpha value is -3.94. The molecule has 0 bridgehead atoms. The summed E-state index contributed by atoms with van der Waals surface area (Å²) in [5.41, 5.74) is 2.63. The lowest BCUT2D eigenvalue weighted by Gasteiger charge is -2.10. The van der Waals surface area contributed by atoms with Crippen LogP contribution in [-0.2, 0) is 13.2 Å². The first-order valence-corrected chi connectivity index (χ1v) is 8.85. The Bertz CT molecular complexity index is 1160. The first kappa shape index (κ1) is 18.4. The van der Waals surface area contributed by atoms with E-state index in [1.807, 2.05) is 42.7 Å². The van der Waals surface area contributed by atoms with E-state index in [9.17, 15) is 9.18 Å². The zero-order valence-electron chi connectivity index (χ0n) is 15.2. The third-order valence-corrected chi connectivity index (χ3v) is 4.30. The van der Waals surface area contributed by atoms with Gasteiger partial charge in [-0.1, -0.05) is 24.3 Å². The lowest BCUT2D eigenvalue weighted by molar-refractivity contribution is 0.194. The molecule has 0 saturated carbocycles.